The zero-order valence-corrected chi connectivity index (χ0v) is 9.76. The van der Waals surface area contributed by atoms with E-state index in [9.17, 15) is 14.4 Å². The standard InChI is InChI=1S/C11H13NO5/c1-6(2)12-4-7(10(14)15)9(13)8(5-12)11(16)17-3/h4-6H,1-3H3,(H,14,15). The molecule has 0 spiro atoms. The Bertz CT molecular complexity index is 515. The lowest BCUT2D eigenvalue weighted by Crippen LogP contribution is -2.25. The van der Waals surface area contributed by atoms with Crippen LogP contribution in [0.2, 0.25) is 0 Å². The van der Waals surface area contributed by atoms with Crippen LogP contribution < -0.4 is 5.43 Å². The monoisotopic (exact) mass is 239 g/mol. The summed E-state index contributed by atoms with van der Waals surface area (Å²) in [6.07, 6.45) is 2.51. The van der Waals surface area contributed by atoms with E-state index in [4.69, 9.17) is 5.11 Å². The van der Waals surface area contributed by atoms with Gasteiger partial charge in [-0.15, -0.1) is 0 Å². The van der Waals surface area contributed by atoms with Crippen molar-refractivity contribution >= 4 is 11.9 Å². The molecule has 0 atom stereocenters. The molecule has 92 valence electrons. The molecular weight excluding hydrogens is 226 g/mol. The Morgan fingerprint density at radius 1 is 1.29 bits per heavy atom. The largest absolute Gasteiger partial charge is 0.477 e. The average molecular weight is 239 g/mol. The molecule has 0 aliphatic rings. The van der Waals surface area contributed by atoms with E-state index in [0.29, 0.717) is 0 Å². The highest BCUT2D eigenvalue weighted by Gasteiger charge is 2.19. The van der Waals surface area contributed by atoms with Gasteiger partial charge in [0, 0.05) is 18.4 Å². The fraction of sp³-hybridized carbons (Fsp3) is 0.364. The van der Waals surface area contributed by atoms with Crippen molar-refractivity contribution < 1.29 is 19.4 Å². The van der Waals surface area contributed by atoms with Crippen LogP contribution in [0.25, 0.3) is 0 Å². The molecule has 6 heteroatoms. The lowest BCUT2D eigenvalue weighted by Gasteiger charge is -2.12. The minimum absolute atomic E-state index is 0.0721. The molecule has 17 heavy (non-hydrogen) atoms. The molecule has 0 aromatic carbocycles. The van der Waals surface area contributed by atoms with Crippen molar-refractivity contribution in [3.8, 4) is 0 Å². The van der Waals surface area contributed by atoms with Gasteiger partial charge in [-0.05, 0) is 13.8 Å². The van der Waals surface area contributed by atoms with Crippen molar-refractivity contribution in [3.63, 3.8) is 0 Å². The van der Waals surface area contributed by atoms with Gasteiger partial charge < -0.3 is 14.4 Å². The highest BCUT2D eigenvalue weighted by molar-refractivity contribution is 5.93. The quantitative estimate of drug-likeness (QED) is 0.792. The van der Waals surface area contributed by atoms with Gasteiger partial charge in [0.15, 0.2) is 0 Å². The first-order valence-electron chi connectivity index (χ1n) is 4.95. The normalized spacial score (nSPS) is 10.4. The van der Waals surface area contributed by atoms with Crippen LogP contribution in [0.3, 0.4) is 0 Å². The lowest BCUT2D eigenvalue weighted by atomic mass is 10.1. The second-order valence-corrected chi connectivity index (χ2v) is 3.75. The number of carboxylic acid groups (broad SMARTS) is 1. The smallest absolute Gasteiger partial charge is 0.343 e. The number of hydrogen-bond donors (Lipinski definition) is 1. The fourth-order valence-electron chi connectivity index (χ4n) is 1.30. The molecular formula is C11H13NO5. The van der Waals surface area contributed by atoms with Crippen LogP contribution in [0.5, 0.6) is 0 Å². The Morgan fingerprint density at radius 3 is 2.24 bits per heavy atom. The number of ether oxygens (including phenoxy) is 1. The molecule has 0 amide bonds. The van der Waals surface area contributed by atoms with Gasteiger partial charge in [-0.1, -0.05) is 0 Å². The number of carbonyl (C=O) groups is 2. The maximum Gasteiger partial charge on any atom is 0.343 e. The van der Waals surface area contributed by atoms with E-state index in [1.54, 1.807) is 13.8 Å². The Balaban J connectivity index is 3.54. The minimum Gasteiger partial charge on any atom is -0.477 e. The fourth-order valence-corrected chi connectivity index (χ4v) is 1.30. The van der Waals surface area contributed by atoms with E-state index >= 15 is 0 Å². The molecule has 0 aliphatic carbocycles. The number of aromatic nitrogens is 1. The third-order valence-corrected chi connectivity index (χ3v) is 2.28. The minimum atomic E-state index is -1.37. The van der Waals surface area contributed by atoms with Crippen LogP contribution in [0, 0.1) is 0 Å². The van der Waals surface area contributed by atoms with Crippen LogP contribution >= 0.6 is 0 Å². The van der Waals surface area contributed by atoms with Gasteiger partial charge in [-0.25, -0.2) is 9.59 Å². The highest BCUT2D eigenvalue weighted by atomic mass is 16.5. The molecule has 0 unspecified atom stereocenters. The predicted molar refractivity (Wildman–Crippen MR) is 59.4 cm³/mol. The molecule has 1 aromatic rings. The maximum absolute atomic E-state index is 11.7. The molecule has 1 aromatic heterocycles. The summed E-state index contributed by atoms with van der Waals surface area (Å²) in [7, 11) is 1.13. The van der Waals surface area contributed by atoms with Crippen molar-refractivity contribution in [1.29, 1.82) is 0 Å². The molecule has 0 fully saturated rings. The van der Waals surface area contributed by atoms with E-state index in [0.717, 1.165) is 7.11 Å². The Labute approximate surface area is 97.4 Å². The molecule has 1 rings (SSSR count). The summed E-state index contributed by atoms with van der Waals surface area (Å²) >= 11 is 0. The number of carbonyl (C=O) groups excluding carboxylic acids is 1. The van der Waals surface area contributed by atoms with Gasteiger partial charge in [0.05, 0.1) is 7.11 Å². The summed E-state index contributed by atoms with van der Waals surface area (Å²) in [5.41, 5.74) is -1.55. The van der Waals surface area contributed by atoms with Crippen molar-refractivity contribution in [2.24, 2.45) is 0 Å². The molecule has 6 nitrogen and oxygen atoms in total. The SMILES string of the molecule is COC(=O)c1cn(C(C)C)cc(C(=O)O)c1=O. The first kappa shape index (κ1) is 13.0. The Kier molecular flexibility index (Phi) is 3.67. The molecule has 0 saturated heterocycles. The molecule has 1 heterocycles. The predicted octanol–water partition coefficient (Wildman–Crippen LogP) is 0.914. The number of rotatable bonds is 3. The highest BCUT2D eigenvalue weighted by Crippen LogP contribution is 2.07. The zero-order valence-electron chi connectivity index (χ0n) is 9.76. The topological polar surface area (TPSA) is 85.6 Å². The van der Waals surface area contributed by atoms with Gasteiger partial charge in [0.25, 0.3) is 0 Å². The van der Waals surface area contributed by atoms with E-state index in [2.05, 4.69) is 4.74 Å². The summed E-state index contributed by atoms with van der Waals surface area (Å²) < 4.78 is 5.92. The molecule has 0 saturated carbocycles. The number of hydrogen-bond acceptors (Lipinski definition) is 4. The number of pyridine rings is 1. The van der Waals surface area contributed by atoms with Crippen LogP contribution in [0.4, 0.5) is 0 Å². The third kappa shape index (κ3) is 2.52. The summed E-state index contributed by atoms with van der Waals surface area (Å²) in [5.74, 6) is -2.21. The van der Waals surface area contributed by atoms with Gasteiger partial charge in [-0.3, -0.25) is 4.79 Å². The number of carboxylic acids is 1. The van der Waals surface area contributed by atoms with Gasteiger partial charge in [-0.2, -0.15) is 0 Å². The second kappa shape index (κ2) is 4.82. The molecule has 0 bridgehead atoms. The van der Waals surface area contributed by atoms with Crippen molar-refractivity contribution in [1.82, 2.24) is 4.57 Å². The first-order valence-corrected chi connectivity index (χ1v) is 4.95. The lowest BCUT2D eigenvalue weighted by molar-refractivity contribution is 0.0598. The van der Waals surface area contributed by atoms with Crippen LogP contribution in [0.1, 0.15) is 40.6 Å². The van der Waals surface area contributed by atoms with Gasteiger partial charge in [0.1, 0.15) is 11.1 Å². The van der Waals surface area contributed by atoms with Crippen molar-refractivity contribution in [3.05, 3.63) is 33.7 Å². The van der Waals surface area contributed by atoms with Crippen molar-refractivity contribution in [2.45, 2.75) is 19.9 Å². The van der Waals surface area contributed by atoms with Crippen molar-refractivity contribution in [2.75, 3.05) is 7.11 Å². The second-order valence-electron chi connectivity index (χ2n) is 3.75. The van der Waals surface area contributed by atoms with E-state index in [-0.39, 0.29) is 11.6 Å². The van der Waals surface area contributed by atoms with Crippen LogP contribution in [0.15, 0.2) is 17.2 Å². The Hall–Kier alpha value is -2.11. The van der Waals surface area contributed by atoms with Gasteiger partial charge >= 0.3 is 11.9 Å². The van der Waals surface area contributed by atoms with Crippen LogP contribution in [-0.4, -0.2) is 28.7 Å². The first-order chi connectivity index (χ1) is 7.88. The molecule has 0 radical (unpaired) electrons. The summed E-state index contributed by atoms with van der Waals surface area (Å²) in [6.45, 7) is 3.61. The average Bonchev–Trinajstić information content (AvgIpc) is 2.27. The number of esters is 1. The summed E-state index contributed by atoms with van der Waals surface area (Å²) in [4.78, 5) is 33.9. The Morgan fingerprint density at radius 2 is 1.82 bits per heavy atom. The third-order valence-electron chi connectivity index (χ3n) is 2.28. The summed E-state index contributed by atoms with van der Waals surface area (Å²) in [5, 5.41) is 8.89. The molecule has 0 aliphatic heterocycles. The van der Waals surface area contributed by atoms with E-state index in [1.807, 2.05) is 0 Å². The van der Waals surface area contributed by atoms with Crippen LogP contribution in [-0.2, 0) is 4.74 Å². The van der Waals surface area contributed by atoms with E-state index < -0.39 is 22.9 Å². The summed E-state index contributed by atoms with van der Waals surface area (Å²) in [6, 6.07) is -0.0721. The molecule has 1 N–H and O–H groups in total. The zero-order chi connectivity index (χ0) is 13.2. The number of methoxy groups -OCH3 is 1. The maximum atomic E-state index is 11.7. The number of aromatic carboxylic acids is 1. The number of nitrogens with zero attached hydrogens (tertiary/aromatic N) is 1. The van der Waals surface area contributed by atoms with E-state index in [1.165, 1.54) is 17.0 Å². The van der Waals surface area contributed by atoms with Gasteiger partial charge in [0.2, 0.25) is 5.43 Å².